The molecule has 4 heteroatoms. The van der Waals surface area contributed by atoms with Crippen molar-refractivity contribution in [3.8, 4) is 0 Å². The summed E-state index contributed by atoms with van der Waals surface area (Å²) in [5, 5.41) is 6.30. The highest BCUT2D eigenvalue weighted by atomic mass is 16.1. The van der Waals surface area contributed by atoms with Gasteiger partial charge in [0.2, 0.25) is 5.91 Å². The van der Waals surface area contributed by atoms with Gasteiger partial charge in [0.1, 0.15) is 0 Å². The van der Waals surface area contributed by atoms with E-state index in [1.807, 2.05) is 26.0 Å². The predicted octanol–water partition coefficient (Wildman–Crippen LogP) is 2.08. The van der Waals surface area contributed by atoms with E-state index in [1.165, 1.54) is 5.69 Å². The van der Waals surface area contributed by atoms with Crippen molar-refractivity contribution in [1.82, 2.24) is 5.32 Å². The molecule has 1 aromatic rings. The van der Waals surface area contributed by atoms with Crippen LogP contribution in [-0.4, -0.2) is 32.1 Å². The van der Waals surface area contributed by atoms with Crippen LogP contribution < -0.4 is 15.5 Å². The zero-order chi connectivity index (χ0) is 13.7. The van der Waals surface area contributed by atoms with Gasteiger partial charge < -0.3 is 15.5 Å². The number of anilines is 2. The molecule has 0 spiro atoms. The molecule has 4 nitrogen and oxygen atoms in total. The van der Waals surface area contributed by atoms with Gasteiger partial charge in [-0.1, -0.05) is 13.8 Å². The van der Waals surface area contributed by atoms with Crippen LogP contribution in [0.1, 0.15) is 20.3 Å². The first-order chi connectivity index (χ1) is 9.20. The third-order valence-corrected chi connectivity index (χ3v) is 3.68. The van der Waals surface area contributed by atoms with E-state index in [4.69, 9.17) is 0 Å². The van der Waals surface area contributed by atoms with Crippen LogP contribution in [0.4, 0.5) is 11.4 Å². The Morgan fingerprint density at radius 1 is 1.32 bits per heavy atom. The van der Waals surface area contributed by atoms with Gasteiger partial charge in [-0.25, -0.2) is 0 Å². The Hall–Kier alpha value is -1.55. The second-order valence-electron chi connectivity index (χ2n) is 5.08. The quantitative estimate of drug-likeness (QED) is 0.872. The first-order valence-electron chi connectivity index (χ1n) is 7.07. The number of rotatable bonds is 4. The van der Waals surface area contributed by atoms with Gasteiger partial charge >= 0.3 is 0 Å². The molecule has 2 rings (SSSR count). The Labute approximate surface area is 115 Å². The van der Waals surface area contributed by atoms with Crippen molar-refractivity contribution in [2.24, 2.45) is 5.92 Å². The maximum Gasteiger partial charge on any atom is 0.227 e. The largest absolute Gasteiger partial charge is 0.369 e. The number of nitrogens with one attached hydrogen (secondary N) is 2. The molecule has 1 heterocycles. The maximum absolute atomic E-state index is 11.8. The molecule has 104 valence electrons. The highest BCUT2D eigenvalue weighted by Crippen LogP contribution is 2.19. The van der Waals surface area contributed by atoms with E-state index in [9.17, 15) is 4.79 Å². The van der Waals surface area contributed by atoms with E-state index in [-0.39, 0.29) is 11.8 Å². The van der Waals surface area contributed by atoms with Crippen molar-refractivity contribution in [3.63, 3.8) is 0 Å². The van der Waals surface area contributed by atoms with Gasteiger partial charge in [-0.05, 0) is 30.7 Å². The number of carbonyl (C=O) groups is 1. The number of nitrogens with zero attached hydrogens (tertiary/aromatic N) is 1. The Bertz CT molecular complexity index is 410. The fourth-order valence-corrected chi connectivity index (χ4v) is 2.13. The van der Waals surface area contributed by atoms with Crippen molar-refractivity contribution < 1.29 is 4.79 Å². The van der Waals surface area contributed by atoms with Gasteiger partial charge in [-0.3, -0.25) is 4.79 Å². The molecule has 0 aromatic heterocycles. The van der Waals surface area contributed by atoms with E-state index in [0.717, 1.165) is 38.3 Å². The fraction of sp³-hybridized carbons (Fsp3) is 0.533. The molecule has 1 amide bonds. The normalized spacial score (nSPS) is 17.1. The molecule has 2 N–H and O–H groups in total. The lowest BCUT2D eigenvalue weighted by Crippen LogP contribution is -2.43. The number of piperazine rings is 1. The van der Waals surface area contributed by atoms with Crippen molar-refractivity contribution in [3.05, 3.63) is 24.3 Å². The van der Waals surface area contributed by atoms with Crippen LogP contribution in [0.2, 0.25) is 0 Å². The zero-order valence-corrected chi connectivity index (χ0v) is 11.8. The molecule has 0 aliphatic carbocycles. The molecule has 0 radical (unpaired) electrons. The minimum Gasteiger partial charge on any atom is -0.369 e. The Morgan fingerprint density at radius 3 is 2.53 bits per heavy atom. The minimum absolute atomic E-state index is 0.0628. The van der Waals surface area contributed by atoms with Gasteiger partial charge in [0.25, 0.3) is 0 Å². The highest BCUT2D eigenvalue weighted by Gasteiger charge is 2.12. The van der Waals surface area contributed by atoms with Crippen LogP contribution in [0, 0.1) is 5.92 Å². The summed E-state index contributed by atoms with van der Waals surface area (Å²) in [5.41, 5.74) is 2.10. The van der Waals surface area contributed by atoms with Gasteiger partial charge in [-0.15, -0.1) is 0 Å². The van der Waals surface area contributed by atoms with Crippen LogP contribution in [-0.2, 0) is 4.79 Å². The van der Waals surface area contributed by atoms with Gasteiger partial charge in [-0.2, -0.15) is 0 Å². The van der Waals surface area contributed by atoms with E-state index in [0.29, 0.717) is 0 Å². The molecule has 1 atom stereocenters. The van der Waals surface area contributed by atoms with Crippen molar-refractivity contribution >= 4 is 17.3 Å². The molecule has 1 saturated heterocycles. The average Bonchev–Trinajstić information content (AvgIpc) is 2.48. The molecule has 1 fully saturated rings. The lowest BCUT2D eigenvalue weighted by atomic mass is 10.1. The number of amides is 1. The van der Waals surface area contributed by atoms with Gasteiger partial charge in [0, 0.05) is 43.5 Å². The topological polar surface area (TPSA) is 44.4 Å². The second kappa shape index (κ2) is 6.57. The molecule has 1 aliphatic rings. The number of hydrogen-bond donors (Lipinski definition) is 2. The van der Waals surface area contributed by atoms with Crippen LogP contribution in [0.15, 0.2) is 24.3 Å². The Kier molecular flexibility index (Phi) is 4.80. The standard InChI is InChI=1S/C15H23N3O/c1-3-12(2)15(19)17-13-4-6-14(7-5-13)18-10-8-16-9-11-18/h4-7,12,16H,3,8-11H2,1-2H3,(H,17,19). The first-order valence-corrected chi connectivity index (χ1v) is 7.07. The van der Waals surface area contributed by atoms with Crippen molar-refractivity contribution in [2.45, 2.75) is 20.3 Å². The summed E-state index contributed by atoms with van der Waals surface area (Å²) >= 11 is 0. The summed E-state index contributed by atoms with van der Waals surface area (Å²) in [6.07, 6.45) is 0.866. The predicted molar refractivity (Wildman–Crippen MR) is 79.6 cm³/mol. The van der Waals surface area contributed by atoms with E-state index in [1.54, 1.807) is 0 Å². The summed E-state index contributed by atoms with van der Waals surface area (Å²) in [7, 11) is 0. The van der Waals surface area contributed by atoms with Crippen LogP contribution in [0.5, 0.6) is 0 Å². The van der Waals surface area contributed by atoms with Crippen molar-refractivity contribution in [1.29, 1.82) is 0 Å². The summed E-state index contributed by atoms with van der Waals surface area (Å²) < 4.78 is 0. The summed E-state index contributed by atoms with van der Waals surface area (Å²) in [5.74, 6) is 0.158. The van der Waals surface area contributed by atoms with E-state index in [2.05, 4.69) is 27.7 Å². The molecule has 1 unspecified atom stereocenters. The summed E-state index contributed by atoms with van der Waals surface area (Å²) in [4.78, 5) is 14.2. The van der Waals surface area contributed by atoms with Gasteiger partial charge in [0.05, 0.1) is 0 Å². The SMILES string of the molecule is CCC(C)C(=O)Nc1ccc(N2CCNCC2)cc1. The number of hydrogen-bond acceptors (Lipinski definition) is 3. The highest BCUT2D eigenvalue weighted by molar-refractivity contribution is 5.92. The van der Waals surface area contributed by atoms with E-state index >= 15 is 0 Å². The first kappa shape index (κ1) is 13.9. The third-order valence-electron chi connectivity index (χ3n) is 3.68. The number of benzene rings is 1. The third kappa shape index (κ3) is 3.70. The van der Waals surface area contributed by atoms with Crippen molar-refractivity contribution in [2.75, 3.05) is 36.4 Å². The van der Waals surface area contributed by atoms with Gasteiger partial charge in [0.15, 0.2) is 0 Å². The van der Waals surface area contributed by atoms with Crippen LogP contribution in [0.25, 0.3) is 0 Å². The molecular weight excluding hydrogens is 238 g/mol. The maximum atomic E-state index is 11.8. The fourth-order valence-electron chi connectivity index (χ4n) is 2.13. The molecule has 1 aromatic carbocycles. The summed E-state index contributed by atoms with van der Waals surface area (Å²) in [6.45, 7) is 8.12. The average molecular weight is 261 g/mol. The lowest BCUT2D eigenvalue weighted by Gasteiger charge is -2.29. The monoisotopic (exact) mass is 261 g/mol. The smallest absolute Gasteiger partial charge is 0.227 e. The van der Waals surface area contributed by atoms with E-state index < -0.39 is 0 Å². The molecule has 1 aliphatic heterocycles. The van der Waals surface area contributed by atoms with Crippen LogP contribution in [0.3, 0.4) is 0 Å². The zero-order valence-electron chi connectivity index (χ0n) is 11.8. The van der Waals surface area contributed by atoms with Crippen LogP contribution >= 0.6 is 0 Å². The minimum atomic E-state index is 0.0628. The molecule has 0 saturated carbocycles. The second-order valence-corrected chi connectivity index (χ2v) is 5.08. The Morgan fingerprint density at radius 2 is 1.95 bits per heavy atom. The summed E-state index contributed by atoms with van der Waals surface area (Å²) in [6, 6.07) is 8.13. The molecular formula is C15H23N3O. The molecule has 0 bridgehead atoms. The Balaban J connectivity index is 1.96. The molecule has 19 heavy (non-hydrogen) atoms. The number of carbonyl (C=O) groups excluding carboxylic acids is 1. The lowest BCUT2D eigenvalue weighted by molar-refractivity contribution is -0.119.